The Bertz CT molecular complexity index is 1020. The molecule has 0 saturated carbocycles. The number of rotatable bonds is 3. The molecule has 4 rings (SSSR count). The Hall–Kier alpha value is -1.86. The fourth-order valence-electron chi connectivity index (χ4n) is 5.19. The van der Waals surface area contributed by atoms with Crippen LogP contribution in [0, 0.1) is 19.8 Å². The highest BCUT2D eigenvalue weighted by Crippen LogP contribution is 2.33. The van der Waals surface area contributed by atoms with E-state index in [-0.39, 0.29) is 11.9 Å². The number of carbonyl (C=O) groups is 1. The summed E-state index contributed by atoms with van der Waals surface area (Å²) in [5.41, 5.74) is 3.99. The van der Waals surface area contributed by atoms with Gasteiger partial charge in [-0.15, -0.1) is 0 Å². The maximum atomic E-state index is 13.3. The molecule has 2 aliphatic heterocycles. The highest BCUT2D eigenvalue weighted by atomic mass is 32.2. The Labute approximate surface area is 173 Å². The van der Waals surface area contributed by atoms with Gasteiger partial charge in [0.1, 0.15) is 0 Å². The summed E-state index contributed by atoms with van der Waals surface area (Å²) >= 11 is 0. The number of likely N-dealkylation sites (tertiary alicyclic amines) is 1. The van der Waals surface area contributed by atoms with Gasteiger partial charge in [0, 0.05) is 47.8 Å². The van der Waals surface area contributed by atoms with Crippen LogP contribution in [0.5, 0.6) is 0 Å². The number of sulfonamides is 1. The van der Waals surface area contributed by atoms with Crippen LogP contribution in [-0.4, -0.2) is 60.4 Å². The predicted octanol–water partition coefficient (Wildman–Crippen LogP) is 3.45. The predicted molar refractivity (Wildman–Crippen MR) is 116 cm³/mol. The summed E-state index contributed by atoms with van der Waals surface area (Å²) in [4.78, 5) is 18.6. The fraction of sp³-hybridized carbons (Fsp3) is 0.591. The van der Waals surface area contributed by atoms with E-state index in [4.69, 9.17) is 0 Å². The van der Waals surface area contributed by atoms with Crippen molar-refractivity contribution in [3.05, 3.63) is 35.0 Å². The molecule has 1 aromatic heterocycles. The summed E-state index contributed by atoms with van der Waals surface area (Å²) in [7, 11) is -3.17. The Morgan fingerprint density at radius 3 is 2.48 bits per heavy atom. The SMILES string of the molecule is Cc1[nH]c2cccc(C(=O)N3CCC(C4CCCCN4S(C)(=O)=O)CC3)c2c1C. The van der Waals surface area contributed by atoms with Gasteiger partial charge in [-0.05, 0) is 63.1 Å². The van der Waals surface area contributed by atoms with Gasteiger partial charge in [-0.25, -0.2) is 8.42 Å². The van der Waals surface area contributed by atoms with Crippen molar-refractivity contribution >= 4 is 26.8 Å². The average molecular weight is 418 g/mol. The highest BCUT2D eigenvalue weighted by molar-refractivity contribution is 7.88. The van der Waals surface area contributed by atoms with Crippen LogP contribution >= 0.6 is 0 Å². The molecule has 2 aliphatic rings. The van der Waals surface area contributed by atoms with Crippen molar-refractivity contribution in [2.24, 2.45) is 5.92 Å². The largest absolute Gasteiger partial charge is 0.358 e. The van der Waals surface area contributed by atoms with Gasteiger partial charge in [0.25, 0.3) is 5.91 Å². The molecule has 1 aromatic carbocycles. The molecule has 29 heavy (non-hydrogen) atoms. The topological polar surface area (TPSA) is 73.5 Å². The molecule has 1 N–H and O–H groups in total. The standard InChI is InChI=1S/C22H31N3O3S/c1-15-16(2)23-19-8-6-7-18(21(15)19)22(26)24-13-10-17(11-14-24)20-9-4-5-12-25(20)29(3,27)28/h6-8,17,20,23H,4-5,9-14H2,1-3H3. The van der Waals surface area contributed by atoms with Crippen LogP contribution in [0.4, 0.5) is 0 Å². The molecule has 0 bridgehead atoms. The number of aromatic nitrogens is 1. The van der Waals surface area contributed by atoms with Gasteiger partial charge in [-0.1, -0.05) is 12.5 Å². The molecule has 1 amide bonds. The summed E-state index contributed by atoms with van der Waals surface area (Å²) in [6.45, 7) is 6.11. The van der Waals surface area contributed by atoms with Gasteiger partial charge in [-0.3, -0.25) is 4.79 Å². The Morgan fingerprint density at radius 1 is 1.07 bits per heavy atom. The first-order chi connectivity index (χ1) is 13.8. The minimum Gasteiger partial charge on any atom is -0.358 e. The summed E-state index contributed by atoms with van der Waals surface area (Å²) < 4.78 is 26.1. The number of carbonyl (C=O) groups excluding carboxylic acids is 1. The Morgan fingerprint density at radius 2 is 1.79 bits per heavy atom. The molecule has 0 aliphatic carbocycles. The van der Waals surface area contributed by atoms with Gasteiger partial charge in [0.15, 0.2) is 0 Å². The lowest BCUT2D eigenvalue weighted by Crippen LogP contribution is -2.50. The first kappa shape index (κ1) is 20.4. The third kappa shape index (κ3) is 3.82. The maximum absolute atomic E-state index is 13.3. The number of benzene rings is 1. The molecular formula is C22H31N3O3S. The Balaban J connectivity index is 1.49. The number of hydrogen-bond donors (Lipinski definition) is 1. The average Bonchev–Trinajstić information content (AvgIpc) is 3.01. The molecule has 3 heterocycles. The fourth-order valence-corrected chi connectivity index (χ4v) is 6.42. The van der Waals surface area contributed by atoms with E-state index < -0.39 is 10.0 Å². The highest BCUT2D eigenvalue weighted by Gasteiger charge is 2.37. The number of fused-ring (bicyclic) bond motifs is 1. The van der Waals surface area contributed by atoms with Crippen molar-refractivity contribution in [1.82, 2.24) is 14.2 Å². The van der Waals surface area contributed by atoms with Gasteiger partial charge in [0.2, 0.25) is 10.0 Å². The van der Waals surface area contributed by atoms with Crippen LogP contribution in [0.25, 0.3) is 10.9 Å². The molecule has 1 atom stereocenters. The molecule has 2 fully saturated rings. The number of nitrogens with zero attached hydrogens (tertiary/aromatic N) is 2. The van der Waals surface area contributed by atoms with Crippen LogP contribution in [0.15, 0.2) is 18.2 Å². The second kappa shape index (κ2) is 7.76. The van der Waals surface area contributed by atoms with E-state index in [9.17, 15) is 13.2 Å². The number of hydrogen-bond acceptors (Lipinski definition) is 3. The zero-order valence-electron chi connectivity index (χ0n) is 17.6. The van der Waals surface area contributed by atoms with Crippen molar-refractivity contribution in [2.45, 2.75) is 52.0 Å². The second-order valence-electron chi connectivity index (χ2n) is 8.67. The first-order valence-electron chi connectivity index (χ1n) is 10.6. The van der Waals surface area contributed by atoms with Crippen molar-refractivity contribution < 1.29 is 13.2 Å². The molecule has 158 valence electrons. The lowest BCUT2D eigenvalue weighted by atomic mass is 9.84. The monoisotopic (exact) mass is 417 g/mol. The van der Waals surface area contributed by atoms with E-state index in [0.717, 1.165) is 59.8 Å². The first-order valence-corrected chi connectivity index (χ1v) is 12.5. The number of piperidine rings is 2. The molecule has 7 heteroatoms. The van der Waals surface area contributed by atoms with Crippen molar-refractivity contribution in [1.29, 1.82) is 0 Å². The third-order valence-electron chi connectivity index (χ3n) is 6.85. The lowest BCUT2D eigenvalue weighted by Gasteiger charge is -2.42. The van der Waals surface area contributed by atoms with E-state index in [2.05, 4.69) is 11.9 Å². The van der Waals surface area contributed by atoms with E-state index in [0.29, 0.717) is 25.6 Å². The minimum absolute atomic E-state index is 0.0831. The minimum atomic E-state index is -3.17. The number of aromatic amines is 1. The van der Waals surface area contributed by atoms with Gasteiger partial charge < -0.3 is 9.88 Å². The number of nitrogens with one attached hydrogen (secondary N) is 1. The molecule has 2 saturated heterocycles. The number of amides is 1. The van der Waals surface area contributed by atoms with Crippen molar-refractivity contribution in [2.75, 3.05) is 25.9 Å². The molecule has 6 nitrogen and oxygen atoms in total. The summed E-state index contributed by atoms with van der Waals surface area (Å²) in [6, 6.07) is 5.96. The van der Waals surface area contributed by atoms with Crippen LogP contribution in [0.1, 0.15) is 53.7 Å². The molecule has 0 spiro atoms. The van der Waals surface area contributed by atoms with Gasteiger partial charge in [-0.2, -0.15) is 4.31 Å². The van der Waals surface area contributed by atoms with Crippen LogP contribution < -0.4 is 0 Å². The summed E-state index contributed by atoms with van der Waals surface area (Å²) in [5, 5.41) is 1.02. The van der Waals surface area contributed by atoms with Crippen LogP contribution in [-0.2, 0) is 10.0 Å². The number of H-pyrrole nitrogens is 1. The zero-order valence-corrected chi connectivity index (χ0v) is 18.4. The molecule has 0 radical (unpaired) electrons. The summed E-state index contributed by atoms with van der Waals surface area (Å²) in [5.74, 6) is 0.417. The lowest BCUT2D eigenvalue weighted by molar-refractivity contribution is 0.0622. The molecule has 1 unspecified atom stereocenters. The van der Waals surface area contributed by atoms with E-state index >= 15 is 0 Å². The quantitative estimate of drug-likeness (QED) is 0.831. The maximum Gasteiger partial charge on any atom is 0.254 e. The Kier molecular flexibility index (Phi) is 5.46. The smallest absolute Gasteiger partial charge is 0.254 e. The van der Waals surface area contributed by atoms with E-state index in [1.807, 2.05) is 30.0 Å². The third-order valence-corrected chi connectivity index (χ3v) is 8.16. The number of aryl methyl sites for hydroxylation is 2. The second-order valence-corrected chi connectivity index (χ2v) is 10.6. The van der Waals surface area contributed by atoms with Crippen molar-refractivity contribution in [3.8, 4) is 0 Å². The van der Waals surface area contributed by atoms with Crippen molar-refractivity contribution in [3.63, 3.8) is 0 Å². The zero-order chi connectivity index (χ0) is 20.8. The van der Waals surface area contributed by atoms with Crippen LogP contribution in [0.3, 0.4) is 0 Å². The molecular weight excluding hydrogens is 386 g/mol. The van der Waals surface area contributed by atoms with Crippen LogP contribution in [0.2, 0.25) is 0 Å². The van der Waals surface area contributed by atoms with Gasteiger partial charge >= 0.3 is 0 Å². The van der Waals surface area contributed by atoms with Gasteiger partial charge in [0.05, 0.1) is 6.26 Å². The molecule has 2 aromatic rings. The normalized spacial score (nSPS) is 22.3. The van der Waals surface area contributed by atoms with E-state index in [1.165, 1.54) is 6.26 Å². The van der Waals surface area contributed by atoms with E-state index in [1.54, 1.807) is 4.31 Å². The summed E-state index contributed by atoms with van der Waals surface area (Å²) in [6.07, 6.45) is 6.02.